The minimum atomic E-state index is -3.38. The van der Waals surface area contributed by atoms with Crippen molar-refractivity contribution in [2.24, 2.45) is 10.9 Å². The summed E-state index contributed by atoms with van der Waals surface area (Å²) in [5, 5.41) is 6.14. The molecule has 2 heterocycles. The molecule has 1 aliphatic carbocycles. The Morgan fingerprint density at radius 3 is 2.58 bits per heavy atom. The third kappa shape index (κ3) is 4.65. The molecule has 31 heavy (non-hydrogen) atoms. The maximum Gasteiger partial charge on any atom is 0.253 e. The quantitative estimate of drug-likeness (QED) is 0.703. The minimum absolute atomic E-state index is 0.0374. The first-order valence-corrected chi connectivity index (χ1v) is 13.1. The molecule has 1 saturated carbocycles. The van der Waals surface area contributed by atoms with Gasteiger partial charge >= 0.3 is 0 Å². The molecule has 1 spiro atoms. The van der Waals surface area contributed by atoms with Crippen LogP contribution in [0, 0.1) is 12.8 Å². The van der Waals surface area contributed by atoms with Gasteiger partial charge in [-0.1, -0.05) is 25.3 Å². The van der Waals surface area contributed by atoms with Crippen LogP contribution in [0.25, 0.3) is 0 Å². The highest BCUT2D eigenvalue weighted by molar-refractivity contribution is 7.89. The molecule has 170 valence electrons. The lowest BCUT2D eigenvalue weighted by Gasteiger charge is -2.34. The number of aliphatic imine (C=N–C) groups is 1. The molecule has 8 heteroatoms. The molecule has 2 fully saturated rings. The zero-order valence-corrected chi connectivity index (χ0v) is 19.4. The maximum absolute atomic E-state index is 13.0. The van der Waals surface area contributed by atoms with Gasteiger partial charge in [-0.15, -0.1) is 0 Å². The van der Waals surface area contributed by atoms with Crippen molar-refractivity contribution < 1.29 is 13.2 Å². The van der Waals surface area contributed by atoms with E-state index in [-0.39, 0.29) is 11.7 Å². The molecule has 2 N–H and O–H groups in total. The van der Waals surface area contributed by atoms with E-state index in [1.54, 1.807) is 4.31 Å². The number of aryl methyl sites for hydroxylation is 2. The summed E-state index contributed by atoms with van der Waals surface area (Å²) in [5.74, 6) is 1.25. The van der Waals surface area contributed by atoms with Crippen molar-refractivity contribution in [2.45, 2.75) is 63.8 Å². The molecule has 0 atom stereocenters. The van der Waals surface area contributed by atoms with Crippen LogP contribution in [0.3, 0.4) is 0 Å². The normalized spacial score (nSPS) is 22.4. The highest BCUT2D eigenvalue weighted by atomic mass is 32.2. The Bertz CT molecular complexity index is 959. The number of amidine groups is 1. The van der Waals surface area contributed by atoms with Gasteiger partial charge in [0.05, 0.1) is 5.75 Å². The Hall–Kier alpha value is -1.93. The summed E-state index contributed by atoms with van der Waals surface area (Å²) in [6.07, 6.45) is 7.22. The summed E-state index contributed by atoms with van der Waals surface area (Å²) in [7, 11) is -1.53. The third-order valence-electron chi connectivity index (χ3n) is 7.20. The number of nitrogens with zero attached hydrogens (tertiary/aromatic N) is 2. The van der Waals surface area contributed by atoms with Gasteiger partial charge < -0.3 is 10.6 Å². The number of amides is 1. The zero-order chi connectivity index (χ0) is 22.1. The number of rotatable bonds is 6. The summed E-state index contributed by atoms with van der Waals surface area (Å²) < 4.78 is 27.5. The molecule has 1 amide bonds. The van der Waals surface area contributed by atoms with E-state index in [4.69, 9.17) is 4.99 Å². The van der Waals surface area contributed by atoms with Crippen molar-refractivity contribution >= 4 is 27.5 Å². The number of hydrogen-bond donors (Lipinski definition) is 2. The van der Waals surface area contributed by atoms with Crippen LogP contribution in [0.4, 0.5) is 5.69 Å². The molecule has 1 aromatic carbocycles. The molecule has 0 aromatic heterocycles. The largest absolute Gasteiger partial charge is 0.388 e. The number of benzene rings is 1. The standard InChI is InChI=1S/C23H34N4O3S/c1-17-8-9-20(24-2)16-19(17)10-15-31(29,30)27-13-11-23(12-14-27)22(28)25-21(26-23)18-6-4-3-5-7-18/h8-9,16,18,24H,3-7,10-15H2,1-2H3,(H,25,26,28). The molecule has 1 aromatic rings. The number of nitrogens with one attached hydrogen (secondary N) is 2. The Labute approximate surface area is 185 Å². The number of carbonyl (C=O) groups is 1. The van der Waals surface area contributed by atoms with Crippen LogP contribution < -0.4 is 10.6 Å². The van der Waals surface area contributed by atoms with Crippen LogP contribution in [0.1, 0.15) is 56.1 Å². The van der Waals surface area contributed by atoms with E-state index in [9.17, 15) is 13.2 Å². The molecular weight excluding hydrogens is 412 g/mol. The van der Waals surface area contributed by atoms with Crippen molar-refractivity contribution in [3.05, 3.63) is 29.3 Å². The molecular formula is C23H34N4O3S. The first-order valence-electron chi connectivity index (χ1n) is 11.5. The van der Waals surface area contributed by atoms with Crippen LogP contribution in [0.15, 0.2) is 23.2 Å². The van der Waals surface area contributed by atoms with Crippen LogP contribution in [0.2, 0.25) is 0 Å². The fourth-order valence-corrected chi connectivity index (χ4v) is 6.52. The lowest BCUT2D eigenvalue weighted by atomic mass is 9.88. The molecule has 2 aliphatic heterocycles. The monoisotopic (exact) mass is 446 g/mol. The molecule has 7 nitrogen and oxygen atoms in total. The average Bonchev–Trinajstić information content (AvgIpc) is 3.10. The van der Waals surface area contributed by atoms with Gasteiger partial charge in [0.25, 0.3) is 5.91 Å². The van der Waals surface area contributed by atoms with Gasteiger partial charge in [-0.25, -0.2) is 12.7 Å². The minimum Gasteiger partial charge on any atom is -0.388 e. The third-order valence-corrected chi connectivity index (χ3v) is 9.07. The SMILES string of the molecule is CNc1ccc(C)c(CCS(=O)(=O)N2CCC3(CC2)N=C(C2CCCCC2)NC3=O)c1. The Kier molecular flexibility index (Phi) is 6.40. The van der Waals surface area contributed by atoms with Crippen molar-refractivity contribution in [1.29, 1.82) is 0 Å². The van der Waals surface area contributed by atoms with Crippen molar-refractivity contribution in [2.75, 3.05) is 31.2 Å². The molecule has 1 saturated heterocycles. The van der Waals surface area contributed by atoms with Gasteiger partial charge in [-0.05, 0) is 62.3 Å². The molecule has 3 aliphatic rings. The zero-order valence-electron chi connectivity index (χ0n) is 18.6. The predicted octanol–water partition coefficient (Wildman–Crippen LogP) is 2.85. The van der Waals surface area contributed by atoms with Crippen LogP contribution in [-0.4, -0.2) is 55.9 Å². The van der Waals surface area contributed by atoms with E-state index in [1.807, 2.05) is 32.2 Å². The van der Waals surface area contributed by atoms with Crippen molar-refractivity contribution in [1.82, 2.24) is 9.62 Å². The summed E-state index contributed by atoms with van der Waals surface area (Å²) in [6.45, 7) is 2.71. The highest BCUT2D eigenvalue weighted by Gasteiger charge is 2.48. The smallest absolute Gasteiger partial charge is 0.253 e. The van der Waals surface area contributed by atoms with E-state index in [1.165, 1.54) is 19.3 Å². The van der Waals surface area contributed by atoms with E-state index < -0.39 is 15.6 Å². The predicted molar refractivity (Wildman–Crippen MR) is 124 cm³/mol. The Morgan fingerprint density at radius 2 is 1.90 bits per heavy atom. The van der Waals surface area contributed by atoms with E-state index in [2.05, 4.69) is 10.6 Å². The number of piperidine rings is 1. The highest BCUT2D eigenvalue weighted by Crippen LogP contribution is 2.34. The topological polar surface area (TPSA) is 90.9 Å². The van der Waals surface area contributed by atoms with E-state index >= 15 is 0 Å². The van der Waals surface area contributed by atoms with Gasteiger partial charge in [0.2, 0.25) is 10.0 Å². The fraction of sp³-hybridized carbons (Fsp3) is 0.652. The number of carbonyl (C=O) groups excluding carboxylic acids is 1. The van der Waals surface area contributed by atoms with Crippen LogP contribution in [0.5, 0.6) is 0 Å². The number of anilines is 1. The Balaban J connectivity index is 1.38. The van der Waals surface area contributed by atoms with Crippen molar-refractivity contribution in [3.8, 4) is 0 Å². The van der Waals surface area contributed by atoms with Gasteiger partial charge in [-0.2, -0.15) is 0 Å². The molecule has 4 rings (SSSR count). The van der Waals surface area contributed by atoms with E-state index in [0.29, 0.717) is 38.3 Å². The van der Waals surface area contributed by atoms with Gasteiger partial charge in [0.1, 0.15) is 11.4 Å². The lowest BCUT2D eigenvalue weighted by molar-refractivity contribution is -0.125. The lowest BCUT2D eigenvalue weighted by Crippen LogP contribution is -2.51. The molecule has 0 bridgehead atoms. The summed E-state index contributed by atoms with van der Waals surface area (Å²) in [6, 6.07) is 6.02. The van der Waals surface area contributed by atoms with Gasteiger partial charge in [0, 0.05) is 31.7 Å². The summed E-state index contributed by atoms with van der Waals surface area (Å²) in [5.41, 5.74) is 2.35. The second-order valence-corrected chi connectivity index (χ2v) is 11.3. The van der Waals surface area contributed by atoms with Gasteiger partial charge in [0.15, 0.2) is 0 Å². The second kappa shape index (κ2) is 8.90. The second-order valence-electron chi connectivity index (χ2n) is 9.17. The number of sulfonamides is 1. The van der Waals surface area contributed by atoms with E-state index in [0.717, 1.165) is 35.5 Å². The first kappa shape index (κ1) is 22.3. The van der Waals surface area contributed by atoms with Crippen LogP contribution >= 0.6 is 0 Å². The summed E-state index contributed by atoms with van der Waals surface area (Å²) in [4.78, 5) is 17.6. The molecule has 0 radical (unpaired) electrons. The maximum atomic E-state index is 13.0. The average molecular weight is 447 g/mol. The molecule has 0 unspecified atom stereocenters. The van der Waals surface area contributed by atoms with Crippen molar-refractivity contribution in [3.63, 3.8) is 0 Å². The fourth-order valence-electron chi connectivity index (χ4n) is 5.05. The Morgan fingerprint density at radius 1 is 1.19 bits per heavy atom. The first-order chi connectivity index (χ1) is 14.8. The number of hydrogen-bond acceptors (Lipinski definition) is 5. The summed E-state index contributed by atoms with van der Waals surface area (Å²) >= 11 is 0. The van der Waals surface area contributed by atoms with Gasteiger partial charge in [-0.3, -0.25) is 9.79 Å². The van der Waals surface area contributed by atoms with Crippen LogP contribution in [-0.2, 0) is 21.2 Å².